The third-order valence-electron chi connectivity index (χ3n) is 1.78. The molecule has 0 amide bonds. The van der Waals surface area contributed by atoms with Crippen molar-refractivity contribution in [1.82, 2.24) is 10.6 Å². The fourth-order valence-corrected chi connectivity index (χ4v) is 1.35. The van der Waals surface area contributed by atoms with Gasteiger partial charge < -0.3 is 5.32 Å². The molecule has 2 unspecified atom stereocenters. The molecule has 0 saturated carbocycles. The average Bonchev–Trinajstić information content (AvgIpc) is 2.22. The Kier molecular flexibility index (Phi) is 0.664. The highest BCUT2D eigenvalue weighted by atomic mass is 15.1. The highest BCUT2D eigenvalue weighted by Crippen LogP contribution is 2.13. The first-order valence-electron chi connectivity index (χ1n) is 2.85. The molecule has 2 atom stereocenters. The van der Waals surface area contributed by atoms with E-state index in [1.54, 1.807) is 0 Å². The zero-order chi connectivity index (χ0) is 4.69. The van der Waals surface area contributed by atoms with Gasteiger partial charge in [0, 0.05) is 25.2 Å². The van der Waals surface area contributed by atoms with Crippen molar-refractivity contribution in [3.05, 3.63) is 0 Å². The summed E-state index contributed by atoms with van der Waals surface area (Å²) < 4.78 is 0. The molecule has 1 radical (unpaired) electrons. The minimum atomic E-state index is 0.685. The second-order valence-electron chi connectivity index (χ2n) is 2.36. The largest absolute Gasteiger partial charge is 0.311 e. The SMILES string of the molecule is C1NC2C[N]C1C2. The Bertz CT molecular complexity index is 64.1. The molecule has 0 aromatic heterocycles. The Labute approximate surface area is 43.3 Å². The van der Waals surface area contributed by atoms with Gasteiger partial charge in [-0.3, -0.25) is 0 Å². The summed E-state index contributed by atoms with van der Waals surface area (Å²) in [6.07, 6.45) is 1.31. The zero-order valence-electron chi connectivity index (χ0n) is 4.22. The van der Waals surface area contributed by atoms with Gasteiger partial charge in [-0.1, -0.05) is 0 Å². The Balaban J connectivity index is 2.12. The summed E-state index contributed by atoms with van der Waals surface area (Å²) in [5.41, 5.74) is 0. The second-order valence-corrected chi connectivity index (χ2v) is 2.36. The first-order valence-corrected chi connectivity index (χ1v) is 2.85. The fraction of sp³-hybridized carbons (Fsp3) is 1.00. The highest BCUT2D eigenvalue weighted by molar-refractivity contribution is 4.94. The molecule has 2 aliphatic heterocycles. The molecule has 0 aliphatic carbocycles. The van der Waals surface area contributed by atoms with Gasteiger partial charge >= 0.3 is 0 Å². The van der Waals surface area contributed by atoms with Crippen LogP contribution in [0.3, 0.4) is 0 Å². The lowest BCUT2D eigenvalue weighted by atomic mass is 10.3. The van der Waals surface area contributed by atoms with Crippen molar-refractivity contribution in [2.45, 2.75) is 18.5 Å². The highest BCUT2D eigenvalue weighted by Gasteiger charge is 2.30. The van der Waals surface area contributed by atoms with Gasteiger partial charge in [0.2, 0.25) is 0 Å². The van der Waals surface area contributed by atoms with Crippen LogP contribution in [0, 0.1) is 0 Å². The van der Waals surface area contributed by atoms with Gasteiger partial charge in [0.05, 0.1) is 0 Å². The number of nitrogens with zero attached hydrogens (tertiary/aromatic N) is 1. The van der Waals surface area contributed by atoms with Crippen LogP contribution in [0.1, 0.15) is 6.42 Å². The predicted molar refractivity (Wildman–Crippen MR) is 27.2 cm³/mol. The van der Waals surface area contributed by atoms with E-state index >= 15 is 0 Å². The Morgan fingerprint density at radius 1 is 1.57 bits per heavy atom. The van der Waals surface area contributed by atoms with Gasteiger partial charge in [-0.15, -0.1) is 0 Å². The monoisotopic (exact) mass is 97.1 g/mol. The van der Waals surface area contributed by atoms with Crippen LogP contribution in [0.2, 0.25) is 0 Å². The van der Waals surface area contributed by atoms with Crippen molar-refractivity contribution in [2.24, 2.45) is 0 Å². The maximum atomic E-state index is 4.34. The summed E-state index contributed by atoms with van der Waals surface area (Å²) in [6, 6.07) is 1.44. The smallest absolute Gasteiger partial charge is 0.0386 e. The number of hydrogen-bond donors (Lipinski definition) is 1. The second kappa shape index (κ2) is 1.20. The predicted octanol–water partition coefficient (Wildman–Crippen LogP) is -0.665. The van der Waals surface area contributed by atoms with E-state index in [0.29, 0.717) is 6.04 Å². The quantitative estimate of drug-likeness (QED) is 0.426. The van der Waals surface area contributed by atoms with Crippen molar-refractivity contribution >= 4 is 0 Å². The minimum absolute atomic E-state index is 0.685. The van der Waals surface area contributed by atoms with E-state index in [0.717, 1.165) is 19.1 Å². The van der Waals surface area contributed by atoms with Crippen molar-refractivity contribution in [3.8, 4) is 0 Å². The van der Waals surface area contributed by atoms with E-state index in [1.165, 1.54) is 6.42 Å². The molecule has 0 aromatic carbocycles. The molecule has 1 N–H and O–H groups in total. The van der Waals surface area contributed by atoms with Crippen molar-refractivity contribution < 1.29 is 0 Å². The summed E-state index contributed by atoms with van der Waals surface area (Å²) in [4.78, 5) is 0. The summed E-state index contributed by atoms with van der Waals surface area (Å²) in [5, 5.41) is 7.70. The molecule has 2 fully saturated rings. The average molecular weight is 97.1 g/mol. The Morgan fingerprint density at radius 3 is 2.71 bits per heavy atom. The lowest BCUT2D eigenvalue weighted by molar-refractivity contribution is 0.519. The molecule has 2 heteroatoms. The lowest BCUT2D eigenvalue weighted by Gasteiger charge is -2.08. The topological polar surface area (TPSA) is 26.1 Å². The third kappa shape index (κ3) is 0.469. The molecule has 0 spiro atoms. The van der Waals surface area contributed by atoms with Gasteiger partial charge in [0.15, 0.2) is 0 Å². The summed E-state index contributed by atoms with van der Waals surface area (Å²) in [5.74, 6) is 0. The number of hydrogen-bond acceptors (Lipinski definition) is 1. The third-order valence-corrected chi connectivity index (χ3v) is 1.78. The minimum Gasteiger partial charge on any atom is -0.311 e. The molecule has 2 aliphatic rings. The lowest BCUT2D eigenvalue weighted by Crippen LogP contribution is -2.35. The van der Waals surface area contributed by atoms with Crippen LogP contribution in [0.25, 0.3) is 0 Å². The maximum absolute atomic E-state index is 4.34. The first kappa shape index (κ1) is 3.87. The Hall–Kier alpha value is -0.0800. The summed E-state index contributed by atoms with van der Waals surface area (Å²) in [7, 11) is 0. The number of fused-ring (bicyclic) bond motifs is 2. The molecule has 39 valence electrons. The van der Waals surface area contributed by atoms with E-state index < -0.39 is 0 Å². The van der Waals surface area contributed by atoms with Crippen molar-refractivity contribution in [2.75, 3.05) is 13.1 Å². The van der Waals surface area contributed by atoms with E-state index in [2.05, 4.69) is 10.6 Å². The van der Waals surface area contributed by atoms with Crippen LogP contribution in [0.5, 0.6) is 0 Å². The van der Waals surface area contributed by atoms with Crippen molar-refractivity contribution in [1.29, 1.82) is 0 Å². The van der Waals surface area contributed by atoms with E-state index in [1.807, 2.05) is 0 Å². The summed E-state index contributed by atoms with van der Waals surface area (Å²) >= 11 is 0. The van der Waals surface area contributed by atoms with E-state index in [9.17, 15) is 0 Å². The molecule has 2 heterocycles. The van der Waals surface area contributed by atoms with Crippen LogP contribution in [-0.2, 0) is 0 Å². The summed E-state index contributed by atoms with van der Waals surface area (Å²) in [6.45, 7) is 2.22. The van der Waals surface area contributed by atoms with Gasteiger partial charge in [0.25, 0.3) is 0 Å². The van der Waals surface area contributed by atoms with E-state index in [4.69, 9.17) is 0 Å². The zero-order valence-corrected chi connectivity index (χ0v) is 4.22. The molecule has 2 nitrogen and oxygen atoms in total. The number of nitrogens with one attached hydrogen (secondary N) is 1. The molecule has 0 aromatic rings. The first-order chi connectivity index (χ1) is 3.45. The van der Waals surface area contributed by atoms with Crippen LogP contribution >= 0.6 is 0 Å². The molecule has 2 rings (SSSR count). The fourth-order valence-electron chi connectivity index (χ4n) is 1.35. The maximum Gasteiger partial charge on any atom is 0.0386 e. The molecule has 7 heavy (non-hydrogen) atoms. The standard InChI is InChI=1S/C5H9N2/c1-4-2-6-5(1)3-7-4/h4-6H,1-3H2. The van der Waals surface area contributed by atoms with Gasteiger partial charge in [-0.2, -0.15) is 0 Å². The van der Waals surface area contributed by atoms with Crippen LogP contribution in [0.4, 0.5) is 0 Å². The molecular weight excluding hydrogens is 88.1 g/mol. The van der Waals surface area contributed by atoms with Gasteiger partial charge in [-0.25, -0.2) is 5.32 Å². The van der Waals surface area contributed by atoms with Gasteiger partial charge in [0.1, 0.15) is 0 Å². The molecular formula is C5H9N2. The van der Waals surface area contributed by atoms with Crippen LogP contribution in [-0.4, -0.2) is 25.2 Å². The Morgan fingerprint density at radius 2 is 2.57 bits per heavy atom. The van der Waals surface area contributed by atoms with Crippen molar-refractivity contribution in [3.63, 3.8) is 0 Å². The number of rotatable bonds is 0. The van der Waals surface area contributed by atoms with Gasteiger partial charge in [-0.05, 0) is 6.42 Å². The molecule has 2 bridgehead atoms. The van der Waals surface area contributed by atoms with Crippen LogP contribution < -0.4 is 10.6 Å². The molecule has 2 saturated heterocycles. The normalized spacial score (nSPS) is 48.0. The van der Waals surface area contributed by atoms with Crippen LogP contribution in [0.15, 0.2) is 0 Å². The number of piperazine rings is 1. The van der Waals surface area contributed by atoms with E-state index in [-0.39, 0.29) is 0 Å².